The van der Waals surface area contributed by atoms with Crippen LogP contribution in [-0.4, -0.2) is 26.4 Å². The van der Waals surface area contributed by atoms with E-state index in [9.17, 15) is 9.59 Å². The summed E-state index contributed by atoms with van der Waals surface area (Å²) >= 11 is 1.08. The van der Waals surface area contributed by atoms with E-state index in [0.29, 0.717) is 5.16 Å². The van der Waals surface area contributed by atoms with Gasteiger partial charge in [-0.2, -0.15) is 4.98 Å². The van der Waals surface area contributed by atoms with Gasteiger partial charge in [-0.1, -0.05) is 25.6 Å². The van der Waals surface area contributed by atoms with Crippen LogP contribution in [0.5, 0.6) is 0 Å². The molecule has 0 saturated carbocycles. The molecule has 0 aliphatic heterocycles. The third kappa shape index (κ3) is 3.35. The van der Waals surface area contributed by atoms with Gasteiger partial charge in [0, 0.05) is 17.8 Å². The first-order chi connectivity index (χ1) is 8.42. The van der Waals surface area contributed by atoms with Crippen LogP contribution < -0.4 is 5.56 Å². The molecule has 0 aliphatic carbocycles. The van der Waals surface area contributed by atoms with Crippen LogP contribution in [0.3, 0.4) is 0 Å². The molecule has 0 atom stereocenters. The molecule has 0 unspecified atom stereocenters. The Morgan fingerprint density at radius 2 is 2.11 bits per heavy atom. The van der Waals surface area contributed by atoms with Crippen molar-refractivity contribution in [3.8, 4) is 0 Å². The van der Waals surface area contributed by atoms with E-state index < -0.39 is 5.97 Å². The Hall–Kier alpha value is -1.30. The molecule has 0 fully saturated rings. The molecule has 0 aromatic carbocycles. The Kier molecular flexibility index (Phi) is 4.95. The van der Waals surface area contributed by atoms with Gasteiger partial charge in [0.25, 0.3) is 5.56 Å². The standard InChI is InChI=1S/C12H18N2O3S/c1-4-12(3,5-2)14-7-6-9(15)13-11(14)18-8-10(16)17/h6-7H,4-5,8H2,1-3H3,(H,16,17). The Bertz CT molecular complexity index is 480. The smallest absolute Gasteiger partial charge is 0.313 e. The van der Waals surface area contributed by atoms with E-state index in [2.05, 4.69) is 25.8 Å². The summed E-state index contributed by atoms with van der Waals surface area (Å²) in [6, 6.07) is 1.41. The van der Waals surface area contributed by atoms with Crippen LogP contribution in [0.4, 0.5) is 0 Å². The van der Waals surface area contributed by atoms with Crippen LogP contribution in [0.15, 0.2) is 22.2 Å². The molecule has 0 radical (unpaired) electrons. The molecular formula is C12H18N2O3S. The number of aliphatic carboxylic acids is 1. The van der Waals surface area contributed by atoms with Gasteiger partial charge in [0.2, 0.25) is 0 Å². The first-order valence-electron chi connectivity index (χ1n) is 5.87. The number of rotatable bonds is 6. The molecular weight excluding hydrogens is 252 g/mol. The summed E-state index contributed by atoms with van der Waals surface area (Å²) < 4.78 is 1.90. The summed E-state index contributed by atoms with van der Waals surface area (Å²) in [5.74, 6) is -1.01. The second-order valence-corrected chi connectivity index (χ2v) is 5.25. The largest absolute Gasteiger partial charge is 0.481 e. The minimum absolute atomic E-state index is 0.0973. The highest BCUT2D eigenvalue weighted by molar-refractivity contribution is 7.99. The maximum atomic E-state index is 11.3. The van der Waals surface area contributed by atoms with E-state index in [-0.39, 0.29) is 16.9 Å². The zero-order valence-electron chi connectivity index (χ0n) is 10.8. The normalized spacial score (nSPS) is 11.5. The van der Waals surface area contributed by atoms with Gasteiger partial charge in [-0.15, -0.1) is 0 Å². The molecule has 0 aliphatic rings. The second-order valence-electron chi connectivity index (χ2n) is 4.30. The minimum atomic E-state index is -0.917. The van der Waals surface area contributed by atoms with Crippen molar-refractivity contribution < 1.29 is 9.90 Å². The van der Waals surface area contributed by atoms with Crippen molar-refractivity contribution in [1.82, 2.24) is 9.55 Å². The number of nitrogens with zero attached hydrogens (tertiary/aromatic N) is 2. The first kappa shape index (κ1) is 14.8. The zero-order chi connectivity index (χ0) is 13.8. The van der Waals surface area contributed by atoms with Crippen LogP contribution >= 0.6 is 11.8 Å². The SMILES string of the molecule is CCC(C)(CC)n1ccc(=O)nc1SCC(=O)O. The van der Waals surface area contributed by atoms with Crippen LogP contribution in [0.25, 0.3) is 0 Å². The fraction of sp³-hybridized carbons (Fsp3) is 0.583. The summed E-state index contributed by atoms with van der Waals surface area (Å²) in [5.41, 5.74) is -0.490. The Labute approximate surface area is 110 Å². The molecule has 5 nitrogen and oxygen atoms in total. The van der Waals surface area contributed by atoms with Crippen molar-refractivity contribution in [3.05, 3.63) is 22.6 Å². The quantitative estimate of drug-likeness (QED) is 0.632. The predicted molar refractivity (Wildman–Crippen MR) is 71.1 cm³/mol. The number of hydrogen-bond acceptors (Lipinski definition) is 4. The molecule has 1 aromatic heterocycles. The van der Waals surface area contributed by atoms with E-state index in [1.807, 2.05) is 4.57 Å². The fourth-order valence-electron chi connectivity index (χ4n) is 1.62. The lowest BCUT2D eigenvalue weighted by atomic mass is 9.95. The lowest BCUT2D eigenvalue weighted by Gasteiger charge is -2.31. The van der Waals surface area contributed by atoms with E-state index in [1.165, 1.54) is 6.07 Å². The summed E-state index contributed by atoms with van der Waals surface area (Å²) in [6.45, 7) is 6.20. The minimum Gasteiger partial charge on any atom is -0.481 e. The summed E-state index contributed by atoms with van der Waals surface area (Å²) in [4.78, 5) is 25.8. The third-order valence-corrected chi connectivity index (χ3v) is 4.15. The van der Waals surface area contributed by atoms with E-state index in [4.69, 9.17) is 5.11 Å². The van der Waals surface area contributed by atoms with Crippen molar-refractivity contribution in [2.24, 2.45) is 0 Å². The van der Waals surface area contributed by atoms with Gasteiger partial charge in [-0.3, -0.25) is 9.59 Å². The van der Waals surface area contributed by atoms with Gasteiger partial charge in [0.05, 0.1) is 5.75 Å². The lowest BCUT2D eigenvalue weighted by molar-refractivity contribution is -0.133. The van der Waals surface area contributed by atoms with Gasteiger partial charge >= 0.3 is 5.97 Å². The zero-order valence-corrected chi connectivity index (χ0v) is 11.7. The van der Waals surface area contributed by atoms with E-state index >= 15 is 0 Å². The van der Waals surface area contributed by atoms with Gasteiger partial charge in [0.15, 0.2) is 5.16 Å². The lowest BCUT2D eigenvalue weighted by Crippen LogP contribution is -2.32. The average molecular weight is 270 g/mol. The van der Waals surface area contributed by atoms with E-state index in [1.54, 1.807) is 6.20 Å². The number of hydrogen-bond donors (Lipinski definition) is 1. The third-order valence-electron chi connectivity index (χ3n) is 3.21. The van der Waals surface area contributed by atoms with Crippen LogP contribution in [-0.2, 0) is 10.3 Å². The summed E-state index contributed by atoms with van der Waals surface area (Å²) in [6.07, 6.45) is 3.47. The molecule has 6 heteroatoms. The topological polar surface area (TPSA) is 72.2 Å². The number of thioether (sulfide) groups is 1. The number of carboxylic acid groups (broad SMARTS) is 1. The Morgan fingerprint density at radius 3 is 2.61 bits per heavy atom. The van der Waals surface area contributed by atoms with Gasteiger partial charge < -0.3 is 9.67 Å². The molecule has 1 N–H and O–H groups in total. The average Bonchev–Trinajstić information content (AvgIpc) is 2.35. The molecule has 1 aromatic rings. The fourth-order valence-corrected chi connectivity index (χ4v) is 2.44. The number of aromatic nitrogens is 2. The molecule has 0 spiro atoms. The molecule has 1 rings (SSSR count). The maximum absolute atomic E-state index is 11.3. The Balaban J connectivity index is 3.18. The second kappa shape index (κ2) is 6.04. The Morgan fingerprint density at radius 1 is 1.50 bits per heavy atom. The molecule has 0 amide bonds. The summed E-state index contributed by atoms with van der Waals surface area (Å²) in [5, 5.41) is 9.18. The molecule has 0 bridgehead atoms. The maximum Gasteiger partial charge on any atom is 0.313 e. The summed E-state index contributed by atoms with van der Waals surface area (Å²) in [7, 11) is 0. The monoisotopic (exact) mass is 270 g/mol. The van der Waals surface area contributed by atoms with E-state index in [0.717, 1.165) is 24.6 Å². The number of carboxylic acids is 1. The molecule has 100 valence electrons. The highest BCUT2D eigenvalue weighted by Gasteiger charge is 2.24. The van der Waals surface area contributed by atoms with Crippen LogP contribution in [0.2, 0.25) is 0 Å². The van der Waals surface area contributed by atoms with Crippen molar-refractivity contribution in [1.29, 1.82) is 0 Å². The first-order valence-corrected chi connectivity index (χ1v) is 6.86. The van der Waals surface area contributed by atoms with Crippen molar-refractivity contribution in [2.45, 2.75) is 44.3 Å². The highest BCUT2D eigenvalue weighted by Crippen LogP contribution is 2.28. The predicted octanol–water partition coefficient (Wildman–Crippen LogP) is 1.96. The van der Waals surface area contributed by atoms with Gasteiger partial charge in [0.1, 0.15) is 0 Å². The van der Waals surface area contributed by atoms with Crippen LogP contribution in [0, 0.1) is 0 Å². The molecule has 0 saturated heterocycles. The van der Waals surface area contributed by atoms with Crippen molar-refractivity contribution in [3.63, 3.8) is 0 Å². The van der Waals surface area contributed by atoms with Crippen molar-refractivity contribution in [2.75, 3.05) is 5.75 Å². The van der Waals surface area contributed by atoms with Gasteiger partial charge in [-0.05, 0) is 19.8 Å². The van der Waals surface area contributed by atoms with Crippen LogP contribution in [0.1, 0.15) is 33.6 Å². The molecule has 18 heavy (non-hydrogen) atoms. The molecule has 1 heterocycles. The van der Waals surface area contributed by atoms with Gasteiger partial charge in [-0.25, -0.2) is 0 Å². The number of carbonyl (C=O) groups is 1. The highest BCUT2D eigenvalue weighted by atomic mass is 32.2. The van der Waals surface area contributed by atoms with Crippen molar-refractivity contribution >= 4 is 17.7 Å².